The molecule has 0 atom stereocenters. The Balaban J connectivity index is 1.64. The lowest BCUT2D eigenvalue weighted by Gasteiger charge is -2.55. The third kappa shape index (κ3) is 2.19. The molecule has 4 fully saturated rings. The van der Waals surface area contributed by atoms with Crippen molar-refractivity contribution in [3.05, 3.63) is 33.8 Å². The highest BCUT2D eigenvalue weighted by atomic mass is 35.5. The number of benzene rings is 1. The van der Waals surface area contributed by atoms with Gasteiger partial charge in [-0.05, 0) is 68.4 Å². The van der Waals surface area contributed by atoms with Gasteiger partial charge in [-0.1, -0.05) is 29.3 Å². The first-order valence-corrected chi connectivity index (χ1v) is 8.38. The highest BCUT2D eigenvalue weighted by molar-refractivity contribution is 6.38. The number of nitrogens with zero attached hydrogens (tertiary/aromatic N) is 1. The predicted molar refractivity (Wildman–Crippen MR) is 85.0 cm³/mol. The van der Waals surface area contributed by atoms with Gasteiger partial charge < -0.3 is 0 Å². The first-order valence-electron chi connectivity index (χ1n) is 7.63. The summed E-state index contributed by atoms with van der Waals surface area (Å²) in [5.41, 5.74) is 1.07. The van der Waals surface area contributed by atoms with Crippen LogP contribution >= 0.6 is 23.2 Å². The van der Waals surface area contributed by atoms with E-state index < -0.39 is 0 Å². The zero-order valence-electron chi connectivity index (χ0n) is 11.5. The SMILES string of the molecule is Clc1cccc(Cl)c1C=NC12CC3CC(CC(C3)C1)C2. The van der Waals surface area contributed by atoms with Crippen molar-refractivity contribution in [1.82, 2.24) is 0 Å². The topological polar surface area (TPSA) is 12.4 Å². The van der Waals surface area contributed by atoms with Crippen LogP contribution < -0.4 is 0 Å². The van der Waals surface area contributed by atoms with Crippen LogP contribution in [-0.2, 0) is 0 Å². The van der Waals surface area contributed by atoms with Crippen molar-refractivity contribution in [3.63, 3.8) is 0 Å². The number of aliphatic imine (C=N–C) groups is 1. The van der Waals surface area contributed by atoms with Gasteiger partial charge >= 0.3 is 0 Å². The van der Waals surface area contributed by atoms with Gasteiger partial charge in [-0.3, -0.25) is 4.99 Å². The molecule has 5 rings (SSSR count). The molecule has 4 bridgehead atoms. The maximum absolute atomic E-state index is 6.24. The second kappa shape index (κ2) is 4.74. The molecule has 0 aliphatic heterocycles. The maximum Gasteiger partial charge on any atom is 0.0616 e. The fraction of sp³-hybridized carbons (Fsp3) is 0.588. The first-order chi connectivity index (χ1) is 9.63. The second-order valence-corrected chi connectivity index (χ2v) is 7.85. The smallest absolute Gasteiger partial charge is 0.0616 e. The van der Waals surface area contributed by atoms with Crippen molar-refractivity contribution in [2.45, 2.75) is 44.1 Å². The van der Waals surface area contributed by atoms with E-state index in [0.29, 0.717) is 10.0 Å². The molecule has 4 aliphatic carbocycles. The summed E-state index contributed by atoms with van der Waals surface area (Å²) in [5, 5.41) is 1.40. The summed E-state index contributed by atoms with van der Waals surface area (Å²) >= 11 is 12.5. The van der Waals surface area contributed by atoms with Gasteiger partial charge in [-0.25, -0.2) is 0 Å². The van der Waals surface area contributed by atoms with Gasteiger partial charge in [-0.15, -0.1) is 0 Å². The highest BCUT2D eigenvalue weighted by Gasteiger charge is 2.50. The number of hydrogen-bond acceptors (Lipinski definition) is 1. The van der Waals surface area contributed by atoms with E-state index >= 15 is 0 Å². The Morgan fingerprint density at radius 3 is 1.95 bits per heavy atom. The Hall–Kier alpha value is -0.530. The molecule has 0 spiro atoms. The Morgan fingerprint density at radius 2 is 1.45 bits per heavy atom. The monoisotopic (exact) mass is 307 g/mol. The summed E-state index contributed by atoms with van der Waals surface area (Å²) in [5.74, 6) is 2.75. The van der Waals surface area contributed by atoms with Crippen LogP contribution in [0.4, 0.5) is 0 Å². The van der Waals surface area contributed by atoms with E-state index in [4.69, 9.17) is 28.2 Å². The molecule has 20 heavy (non-hydrogen) atoms. The standard InChI is InChI=1S/C17H19Cl2N/c18-15-2-1-3-16(19)14(15)10-20-17-7-11-4-12(8-17)6-13(5-11)9-17/h1-3,10-13H,4-9H2. The Kier molecular flexibility index (Phi) is 3.12. The molecule has 0 saturated heterocycles. The number of rotatable bonds is 2. The van der Waals surface area contributed by atoms with Gasteiger partial charge in [0.25, 0.3) is 0 Å². The van der Waals surface area contributed by atoms with Crippen molar-refractivity contribution < 1.29 is 0 Å². The van der Waals surface area contributed by atoms with Gasteiger partial charge in [0.15, 0.2) is 0 Å². The van der Waals surface area contributed by atoms with Gasteiger partial charge in [-0.2, -0.15) is 0 Å². The molecule has 0 radical (unpaired) electrons. The third-order valence-electron chi connectivity index (χ3n) is 5.47. The average molecular weight is 308 g/mol. The van der Waals surface area contributed by atoms with Gasteiger partial charge in [0, 0.05) is 11.8 Å². The molecule has 106 valence electrons. The van der Waals surface area contributed by atoms with Gasteiger partial charge in [0.05, 0.1) is 15.6 Å². The molecule has 0 N–H and O–H groups in total. The van der Waals surface area contributed by atoms with Gasteiger partial charge in [0.1, 0.15) is 0 Å². The minimum absolute atomic E-state index is 0.192. The van der Waals surface area contributed by atoms with Crippen LogP contribution in [-0.4, -0.2) is 11.8 Å². The minimum atomic E-state index is 0.192. The van der Waals surface area contributed by atoms with Crippen LogP contribution in [0.2, 0.25) is 10.0 Å². The molecule has 4 saturated carbocycles. The summed E-state index contributed by atoms with van der Waals surface area (Å²) in [6.07, 6.45) is 10.1. The van der Waals surface area contributed by atoms with Crippen molar-refractivity contribution >= 4 is 29.4 Å². The maximum atomic E-state index is 6.24. The van der Waals surface area contributed by atoms with E-state index in [1.165, 1.54) is 38.5 Å². The largest absolute Gasteiger partial charge is 0.286 e. The second-order valence-electron chi connectivity index (χ2n) is 7.04. The fourth-order valence-electron chi connectivity index (χ4n) is 5.06. The lowest BCUT2D eigenvalue weighted by molar-refractivity contribution is 0.00195. The van der Waals surface area contributed by atoms with E-state index in [-0.39, 0.29) is 5.54 Å². The number of hydrogen-bond donors (Lipinski definition) is 0. The van der Waals surface area contributed by atoms with Crippen LogP contribution in [0.15, 0.2) is 23.2 Å². The van der Waals surface area contributed by atoms with Crippen molar-refractivity contribution in [1.29, 1.82) is 0 Å². The molecule has 1 aromatic rings. The molecule has 1 nitrogen and oxygen atoms in total. The summed E-state index contributed by atoms with van der Waals surface area (Å²) < 4.78 is 0. The van der Waals surface area contributed by atoms with Crippen molar-refractivity contribution in [2.24, 2.45) is 22.7 Å². The van der Waals surface area contributed by atoms with Crippen molar-refractivity contribution in [3.8, 4) is 0 Å². The first kappa shape index (κ1) is 13.2. The molecular formula is C17H19Cl2N. The molecule has 0 heterocycles. The summed E-state index contributed by atoms with van der Waals surface area (Å²) in [7, 11) is 0. The summed E-state index contributed by atoms with van der Waals surface area (Å²) in [6.45, 7) is 0. The van der Waals surface area contributed by atoms with Crippen LogP contribution in [0.5, 0.6) is 0 Å². The summed E-state index contributed by atoms with van der Waals surface area (Å²) in [4.78, 5) is 5.01. The van der Waals surface area contributed by atoms with Crippen molar-refractivity contribution in [2.75, 3.05) is 0 Å². The van der Waals surface area contributed by atoms with Crippen LogP contribution in [0, 0.1) is 17.8 Å². The normalized spacial score (nSPS) is 38.8. The summed E-state index contributed by atoms with van der Waals surface area (Å²) in [6, 6.07) is 5.65. The molecule has 3 heteroatoms. The highest BCUT2D eigenvalue weighted by Crippen LogP contribution is 2.57. The quantitative estimate of drug-likeness (QED) is 0.650. The minimum Gasteiger partial charge on any atom is -0.286 e. The van der Waals surface area contributed by atoms with E-state index in [0.717, 1.165) is 23.3 Å². The molecule has 1 aromatic carbocycles. The van der Waals surface area contributed by atoms with Crippen LogP contribution in [0.3, 0.4) is 0 Å². The molecule has 0 amide bonds. The third-order valence-corrected chi connectivity index (χ3v) is 6.13. The molecule has 4 aliphatic rings. The molecular weight excluding hydrogens is 289 g/mol. The Morgan fingerprint density at radius 1 is 0.950 bits per heavy atom. The zero-order valence-corrected chi connectivity index (χ0v) is 13.0. The van der Waals surface area contributed by atoms with E-state index in [9.17, 15) is 0 Å². The lowest BCUT2D eigenvalue weighted by Crippen LogP contribution is -2.49. The number of halogens is 2. The van der Waals surface area contributed by atoms with Crippen LogP contribution in [0.1, 0.15) is 44.1 Å². The molecule has 0 unspecified atom stereocenters. The fourth-order valence-corrected chi connectivity index (χ4v) is 5.55. The Labute approximate surface area is 130 Å². The molecule has 0 aromatic heterocycles. The Bertz CT molecular complexity index is 509. The lowest BCUT2D eigenvalue weighted by atomic mass is 9.53. The predicted octanol–water partition coefficient (Wildman–Crippen LogP) is 5.38. The zero-order chi connectivity index (χ0) is 13.7. The van der Waals surface area contributed by atoms with Crippen LogP contribution in [0.25, 0.3) is 0 Å². The average Bonchev–Trinajstić information content (AvgIpc) is 2.36. The van der Waals surface area contributed by atoms with E-state index in [1.807, 2.05) is 24.4 Å². The van der Waals surface area contributed by atoms with E-state index in [1.54, 1.807) is 0 Å². The van der Waals surface area contributed by atoms with E-state index in [2.05, 4.69) is 0 Å². The van der Waals surface area contributed by atoms with Gasteiger partial charge in [0.2, 0.25) is 0 Å².